The summed E-state index contributed by atoms with van der Waals surface area (Å²) in [6.45, 7) is 4.84. The Bertz CT molecular complexity index is 176. The molecule has 0 fully saturated rings. The number of urea groups is 1. The van der Waals surface area contributed by atoms with E-state index >= 15 is 0 Å². The first-order valence-corrected chi connectivity index (χ1v) is 6.40. The highest BCUT2D eigenvalue weighted by atomic mass is 32.2. The first-order valence-electron chi connectivity index (χ1n) is 5.01. The summed E-state index contributed by atoms with van der Waals surface area (Å²) in [6.07, 6.45) is 3.15. The molecule has 0 rings (SSSR count). The summed E-state index contributed by atoms with van der Waals surface area (Å²) >= 11 is 1.82. The van der Waals surface area contributed by atoms with E-state index in [0.717, 1.165) is 18.7 Å². The van der Waals surface area contributed by atoms with Gasteiger partial charge in [-0.05, 0) is 32.3 Å². The third kappa shape index (κ3) is 4.22. The fourth-order valence-corrected chi connectivity index (χ4v) is 1.65. The molecule has 0 N–H and O–H groups in total. The molecule has 0 radical (unpaired) electrons. The number of carbonyl (C=O) groups is 1. The van der Waals surface area contributed by atoms with Gasteiger partial charge >= 0.3 is 6.03 Å². The molecule has 2 amide bonds. The molecule has 0 spiro atoms. The van der Waals surface area contributed by atoms with E-state index in [1.165, 1.54) is 0 Å². The summed E-state index contributed by atoms with van der Waals surface area (Å²) < 4.78 is 0. The summed E-state index contributed by atoms with van der Waals surface area (Å²) in [7, 11) is 3.71. The molecule has 0 aromatic rings. The van der Waals surface area contributed by atoms with E-state index in [2.05, 4.69) is 13.2 Å². The zero-order valence-electron chi connectivity index (χ0n) is 9.91. The fraction of sp³-hybridized carbons (Fsp3) is 0.900. The van der Waals surface area contributed by atoms with E-state index in [4.69, 9.17) is 0 Å². The first-order chi connectivity index (χ1) is 6.54. The van der Waals surface area contributed by atoms with Crippen LogP contribution in [0.3, 0.4) is 0 Å². The second-order valence-corrected chi connectivity index (χ2v) is 4.52. The third-order valence-electron chi connectivity index (χ3n) is 2.50. The standard InChI is InChI=1S/C10H22N2OS/c1-6-11(3)10(13)12(4)9(2)7-8-14-5/h9H,6-8H2,1-5H3. The predicted molar refractivity (Wildman–Crippen MR) is 63.9 cm³/mol. The van der Waals surface area contributed by atoms with Crippen LogP contribution in [0.15, 0.2) is 0 Å². The van der Waals surface area contributed by atoms with E-state index in [9.17, 15) is 4.79 Å². The molecule has 0 aliphatic carbocycles. The lowest BCUT2D eigenvalue weighted by Gasteiger charge is -2.29. The van der Waals surface area contributed by atoms with Crippen LogP contribution >= 0.6 is 11.8 Å². The number of rotatable bonds is 5. The van der Waals surface area contributed by atoms with Crippen molar-refractivity contribution in [3.63, 3.8) is 0 Å². The van der Waals surface area contributed by atoms with Crippen LogP contribution in [-0.4, -0.2) is 54.5 Å². The van der Waals surface area contributed by atoms with E-state index < -0.39 is 0 Å². The lowest BCUT2D eigenvalue weighted by Crippen LogP contribution is -2.43. The van der Waals surface area contributed by atoms with Gasteiger partial charge in [0, 0.05) is 26.7 Å². The van der Waals surface area contributed by atoms with E-state index in [-0.39, 0.29) is 6.03 Å². The second-order valence-electron chi connectivity index (χ2n) is 3.54. The summed E-state index contributed by atoms with van der Waals surface area (Å²) in [6, 6.07) is 0.435. The monoisotopic (exact) mass is 218 g/mol. The van der Waals surface area contributed by atoms with Crippen LogP contribution in [0.1, 0.15) is 20.3 Å². The van der Waals surface area contributed by atoms with Gasteiger partial charge in [-0.3, -0.25) is 0 Å². The average Bonchev–Trinajstić information content (AvgIpc) is 2.22. The largest absolute Gasteiger partial charge is 0.328 e. The van der Waals surface area contributed by atoms with Gasteiger partial charge in [0.15, 0.2) is 0 Å². The molecule has 0 saturated heterocycles. The Morgan fingerprint density at radius 2 is 2.00 bits per heavy atom. The quantitative estimate of drug-likeness (QED) is 0.706. The number of nitrogens with zero attached hydrogens (tertiary/aromatic N) is 2. The lowest BCUT2D eigenvalue weighted by atomic mass is 10.2. The van der Waals surface area contributed by atoms with Crippen molar-refractivity contribution in [3.05, 3.63) is 0 Å². The smallest absolute Gasteiger partial charge is 0.319 e. The van der Waals surface area contributed by atoms with Crippen LogP contribution in [-0.2, 0) is 0 Å². The van der Waals surface area contributed by atoms with Gasteiger partial charge in [0.1, 0.15) is 0 Å². The van der Waals surface area contributed by atoms with Crippen LogP contribution in [0.2, 0.25) is 0 Å². The Balaban J connectivity index is 4.03. The number of hydrogen-bond donors (Lipinski definition) is 0. The van der Waals surface area contributed by atoms with Gasteiger partial charge in [-0.25, -0.2) is 4.79 Å². The topological polar surface area (TPSA) is 23.6 Å². The minimum Gasteiger partial charge on any atom is -0.328 e. The molecular formula is C10H22N2OS. The SMILES string of the molecule is CCN(C)C(=O)N(C)C(C)CCSC. The van der Waals surface area contributed by atoms with Gasteiger partial charge in [0.05, 0.1) is 0 Å². The van der Waals surface area contributed by atoms with Crippen molar-refractivity contribution in [2.45, 2.75) is 26.3 Å². The normalized spacial score (nSPS) is 12.4. The third-order valence-corrected chi connectivity index (χ3v) is 3.15. The maximum Gasteiger partial charge on any atom is 0.319 e. The summed E-state index contributed by atoms with van der Waals surface area (Å²) in [5.74, 6) is 1.11. The molecule has 0 aromatic heterocycles. The average molecular weight is 218 g/mol. The summed E-state index contributed by atoms with van der Waals surface area (Å²) in [5.41, 5.74) is 0. The predicted octanol–water partition coefficient (Wildman–Crippen LogP) is 2.13. The number of thioether (sulfide) groups is 1. The fourth-order valence-electron chi connectivity index (χ4n) is 1.08. The highest BCUT2D eigenvalue weighted by Crippen LogP contribution is 2.07. The Kier molecular flexibility index (Phi) is 6.79. The number of carbonyl (C=O) groups excluding carboxylic acids is 1. The molecule has 0 aliphatic heterocycles. The van der Waals surface area contributed by atoms with Crippen molar-refractivity contribution in [2.24, 2.45) is 0 Å². The second kappa shape index (κ2) is 6.98. The van der Waals surface area contributed by atoms with Gasteiger partial charge in [-0.15, -0.1) is 0 Å². The maximum atomic E-state index is 11.7. The Hall–Kier alpha value is -0.380. The molecule has 0 heterocycles. The molecule has 1 unspecified atom stereocenters. The highest BCUT2D eigenvalue weighted by molar-refractivity contribution is 7.98. The van der Waals surface area contributed by atoms with Crippen molar-refractivity contribution in [3.8, 4) is 0 Å². The zero-order chi connectivity index (χ0) is 11.1. The lowest BCUT2D eigenvalue weighted by molar-refractivity contribution is 0.160. The van der Waals surface area contributed by atoms with Crippen LogP contribution < -0.4 is 0 Å². The van der Waals surface area contributed by atoms with Gasteiger partial charge in [0.25, 0.3) is 0 Å². The van der Waals surface area contributed by atoms with Gasteiger partial charge < -0.3 is 9.80 Å². The summed E-state index contributed by atoms with van der Waals surface area (Å²) in [4.78, 5) is 15.3. The van der Waals surface area contributed by atoms with Gasteiger partial charge in [0.2, 0.25) is 0 Å². The zero-order valence-corrected chi connectivity index (χ0v) is 10.7. The van der Waals surface area contributed by atoms with E-state index in [1.807, 2.05) is 37.7 Å². The van der Waals surface area contributed by atoms with Crippen LogP contribution in [0.25, 0.3) is 0 Å². The highest BCUT2D eigenvalue weighted by Gasteiger charge is 2.17. The van der Waals surface area contributed by atoms with Crippen LogP contribution in [0.5, 0.6) is 0 Å². The van der Waals surface area contributed by atoms with Gasteiger partial charge in [-0.1, -0.05) is 0 Å². The number of hydrogen-bond acceptors (Lipinski definition) is 2. The Morgan fingerprint density at radius 3 is 2.43 bits per heavy atom. The van der Waals surface area contributed by atoms with Crippen LogP contribution in [0.4, 0.5) is 4.79 Å². The Labute approximate surface area is 91.8 Å². The minimum absolute atomic E-state index is 0.112. The van der Waals surface area contributed by atoms with Crippen LogP contribution in [0, 0.1) is 0 Å². The molecular weight excluding hydrogens is 196 g/mol. The molecule has 4 heteroatoms. The molecule has 0 aliphatic rings. The molecule has 14 heavy (non-hydrogen) atoms. The first kappa shape index (κ1) is 13.6. The van der Waals surface area contributed by atoms with E-state index in [1.54, 1.807) is 4.90 Å². The molecule has 1 atom stereocenters. The summed E-state index contributed by atoms with van der Waals surface area (Å²) in [5, 5.41) is 0. The molecule has 0 bridgehead atoms. The van der Waals surface area contributed by atoms with Crippen molar-refractivity contribution in [1.82, 2.24) is 9.80 Å². The van der Waals surface area contributed by atoms with E-state index in [0.29, 0.717) is 6.04 Å². The maximum absolute atomic E-state index is 11.7. The molecule has 3 nitrogen and oxygen atoms in total. The van der Waals surface area contributed by atoms with Crippen molar-refractivity contribution >= 4 is 17.8 Å². The van der Waals surface area contributed by atoms with Crippen molar-refractivity contribution < 1.29 is 4.79 Å². The number of amides is 2. The molecule has 84 valence electrons. The molecule has 0 saturated carbocycles. The van der Waals surface area contributed by atoms with Crippen molar-refractivity contribution in [2.75, 3.05) is 32.6 Å². The Morgan fingerprint density at radius 1 is 1.43 bits per heavy atom. The van der Waals surface area contributed by atoms with Gasteiger partial charge in [-0.2, -0.15) is 11.8 Å². The van der Waals surface area contributed by atoms with Crippen molar-refractivity contribution in [1.29, 1.82) is 0 Å². The molecule has 0 aromatic carbocycles. The minimum atomic E-state index is 0.112.